The average Bonchev–Trinajstić information content (AvgIpc) is 3.26. The number of nitrogens with zero attached hydrogens (tertiary/aromatic N) is 1. The summed E-state index contributed by atoms with van der Waals surface area (Å²) >= 11 is 14.6. The van der Waals surface area contributed by atoms with Crippen molar-refractivity contribution < 1.29 is 4.57 Å². The van der Waals surface area contributed by atoms with Crippen LogP contribution in [0.25, 0.3) is 21.3 Å². The van der Waals surface area contributed by atoms with E-state index >= 15 is 0 Å². The Morgan fingerprint density at radius 3 is 1.83 bits per heavy atom. The maximum atomic E-state index is 14.2. The van der Waals surface area contributed by atoms with Gasteiger partial charge >= 0.3 is 0 Å². The zero-order valence-corrected chi connectivity index (χ0v) is 22.8. The van der Waals surface area contributed by atoms with Crippen LogP contribution in [0.15, 0.2) is 89.8 Å². The standard InChI is InChI=1S/C28H25Cl2N2OPS/c1-19-14-20(2)27(21(3)15-19)26-18-35-28(31-26)32-34(33,16-24(29)22-10-6-4-7-11-22)17-25(30)23-12-8-5-9-13-23/h4-18H,1-3H3,(H,31,32,33). The van der Waals surface area contributed by atoms with Crippen molar-refractivity contribution in [3.8, 4) is 11.3 Å². The van der Waals surface area contributed by atoms with Gasteiger partial charge in [0.05, 0.1) is 15.8 Å². The number of hydrogen-bond acceptors (Lipinski definition) is 3. The van der Waals surface area contributed by atoms with Gasteiger partial charge in [-0.2, -0.15) is 0 Å². The molecule has 0 radical (unpaired) electrons. The molecule has 0 aliphatic heterocycles. The van der Waals surface area contributed by atoms with Crippen LogP contribution in [-0.2, 0) is 4.57 Å². The van der Waals surface area contributed by atoms with E-state index in [2.05, 4.69) is 38.0 Å². The Hall–Kier alpha value is -2.62. The lowest BCUT2D eigenvalue weighted by atomic mass is 9.98. The minimum absolute atomic E-state index is 0.372. The summed E-state index contributed by atoms with van der Waals surface area (Å²) in [5, 5.41) is 6.39. The topological polar surface area (TPSA) is 42.0 Å². The third-order valence-corrected chi connectivity index (χ3v) is 9.13. The van der Waals surface area contributed by atoms with E-state index in [0.29, 0.717) is 15.2 Å². The van der Waals surface area contributed by atoms with Gasteiger partial charge in [0.25, 0.3) is 0 Å². The molecule has 3 nitrogen and oxygen atoms in total. The van der Waals surface area contributed by atoms with Gasteiger partial charge in [-0.1, -0.05) is 102 Å². The zero-order valence-electron chi connectivity index (χ0n) is 19.6. The molecule has 1 aromatic heterocycles. The quantitative estimate of drug-likeness (QED) is 0.238. The molecule has 1 heterocycles. The number of halogens is 2. The Labute approximate surface area is 220 Å². The third-order valence-electron chi connectivity index (χ3n) is 5.42. The van der Waals surface area contributed by atoms with Crippen LogP contribution in [0.5, 0.6) is 0 Å². The summed E-state index contributed by atoms with van der Waals surface area (Å²) in [6, 6.07) is 23.1. The van der Waals surface area contributed by atoms with Crippen molar-refractivity contribution >= 4 is 57.0 Å². The first-order valence-corrected chi connectivity index (χ1v) is 14.5. The maximum absolute atomic E-state index is 14.2. The largest absolute Gasteiger partial charge is 0.306 e. The van der Waals surface area contributed by atoms with Crippen LogP contribution in [-0.4, -0.2) is 4.98 Å². The van der Waals surface area contributed by atoms with Gasteiger partial charge in [-0.15, -0.1) is 11.3 Å². The summed E-state index contributed by atoms with van der Waals surface area (Å²) in [5.74, 6) is 3.08. The molecule has 35 heavy (non-hydrogen) atoms. The molecule has 0 aliphatic rings. The summed E-state index contributed by atoms with van der Waals surface area (Å²) in [6.45, 7) is 6.24. The normalized spacial score (nSPS) is 14.0. The number of nitrogens with one attached hydrogen (secondary N) is 1. The van der Waals surface area contributed by atoms with E-state index in [0.717, 1.165) is 33.5 Å². The number of anilines is 1. The molecule has 0 saturated heterocycles. The van der Waals surface area contributed by atoms with Crippen molar-refractivity contribution in [3.63, 3.8) is 0 Å². The monoisotopic (exact) mass is 538 g/mol. The number of aryl methyl sites for hydroxylation is 3. The van der Waals surface area contributed by atoms with E-state index in [1.165, 1.54) is 16.9 Å². The van der Waals surface area contributed by atoms with Crippen LogP contribution >= 0.6 is 41.8 Å². The van der Waals surface area contributed by atoms with Crippen molar-refractivity contribution in [2.45, 2.75) is 20.8 Å². The van der Waals surface area contributed by atoms with E-state index in [1.807, 2.05) is 66.0 Å². The minimum Gasteiger partial charge on any atom is -0.306 e. The van der Waals surface area contributed by atoms with Crippen molar-refractivity contribution in [2.75, 3.05) is 5.09 Å². The highest BCUT2D eigenvalue weighted by Crippen LogP contribution is 2.54. The smallest absolute Gasteiger partial charge is 0.217 e. The lowest BCUT2D eigenvalue weighted by Gasteiger charge is -2.14. The zero-order chi connectivity index (χ0) is 25.0. The molecule has 0 fully saturated rings. The summed E-state index contributed by atoms with van der Waals surface area (Å²) in [4.78, 5) is 4.77. The number of thiazole rings is 1. The van der Waals surface area contributed by atoms with Crippen molar-refractivity contribution in [2.24, 2.45) is 0 Å². The summed E-state index contributed by atoms with van der Waals surface area (Å²) in [6.07, 6.45) is 0. The number of hydrogen-bond donors (Lipinski definition) is 1. The van der Waals surface area contributed by atoms with Crippen LogP contribution in [0, 0.1) is 20.8 Å². The Morgan fingerprint density at radius 2 is 1.34 bits per heavy atom. The molecule has 178 valence electrons. The number of aromatic nitrogens is 1. The molecule has 4 rings (SSSR count). The summed E-state index contributed by atoms with van der Waals surface area (Å²) in [5.41, 5.74) is 6.99. The van der Waals surface area contributed by atoms with Crippen LogP contribution in [0.4, 0.5) is 5.13 Å². The molecule has 0 atom stereocenters. The second-order valence-electron chi connectivity index (χ2n) is 8.32. The van der Waals surface area contributed by atoms with Crippen LogP contribution in [0.2, 0.25) is 0 Å². The molecule has 0 amide bonds. The van der Waals surface area contributed by atoms with E-state index in [1.54, 1.807) is 11.6 Å². The minimum atomic E-state index is -3.38. The lowest BCUT2D eigenvalue weighted by molar-refractivity contribution is 0.589. The van der Waals surface area contributed by atoms with E-state index in [4.69, 9.17) is 28.2 Å². The molecule has 0 unspecified atom stereocenters. The number of benzene rings is 3. The van der Waals surface area contributed by atoms with Gasteiger partial charge in [0.15, 0.2) is 5.13 Å². The van der Waals surface area contributed by atoms with Gasteiger partial charge < -0.3 is 5.09 Å². The molecular weight excluding hydrogens is 514 g/mol. The molecule has 4 aromatic rings. The first kappa shape index (κ1) is 25.5. The predicted molar refractivity (Wildman–Crippen MR) is 154 cm³/mol. The van der Waals surface area contributed by atoms with E-state index in [-0.39, 0.29) is 0 Å². The first-order valence-electron chi connectivity index (χ1n) is 11.0. The first-order chi connectivity index (χ1) is 16.7. The van der Waals surface area contributed by atoms with Crippen molar-refractivity contribution in [1.82, 2.24) is 4.98 Å². The molecule has 0 spiro atoms. The van der Waals surface area contributed by atoms with E-state index in [9.17, 15) is 4.57 Å². The van der Waals surface area contributed by atoms with Gasteiger partial charge in [-0.3, -0.25) is 4.57 Å². The van der Waals surface area contributed by atoms with Gasteiger partial charge in [0, 0.05) is 22.6 Å². The van der Waals surface area contributed by atoms with Gasteiger partial charge in [0.1, 0.15) is 0 Å². The maximum Gasteiger partial charge on any atom is 0.217 e. The highest BCUT2D eigenvalue weighted by atomic mass is 35.5. The molecule has 0 aliphatic carbocycles. The molecular formula is C28H25Cl2N2OPS. The van der Waals surface area contributed by atoms with Crippen LogP contribution in [0.3, 0.4) is 0 Å². The second kappa shape index (κ2) is 11.0. The fraction of sp³-hybridized carbons (Fsp3) is 0.107. The van der Waals surface area contributed by atoms with Gasteiger partial charge in [-0.25, -0.2) is 4.98 Å². The average molecular weight is 539 g/mol. The molecule has 3 aromatic carbocycles. The SMILES string of the molecule is Cc1cc(C)c(-c2csc(NP(=O)(C=C(Cl)c3ccccc3)C=C(Cl)c3ccccc3)n2)c(C)c1. The second-order valence-corrected chi connectivity index (χ2v) is 12.2. The fourth-order valence-corrected chi connectivity index (χ4v) is 7.79. The molecule has 7 heteroatoms. The Bertz CT molecular complexity index is 1360. The van der Waals surface area contributed by atoms with Crippen LogP contribution in [0.1, 0.15) is 27.8 Å². The van der Waals surface area contributed by atoms with E-state index < -0.39 is 7.29 Å². The van der Waals surface area contributed by atoms with Gasteiger partial charge in [-0.05, 0) is 43.0 Å². The van der Waals surface area contributed by atoms with Crippen molar-refractivity contribution in [1.29, 1.82) is 0 Å². The molecule has 0 bridgehead atoms. The van der Waals surface area contributed by atoms with Crippen LogP contribution < -0.4 is 5.09 Å². The third kappa shape index (κ3) is 6.34. The Morgan fingerprint density at radius 1 is 0.857 bits per heavy atom. The molecule has 0 saturated carbocycles. The fourth-order valence-electron chi connectivity index (χ4n) is 3.96. The summed E-state index contributed by atoms with van der Waals surface area (Å²) in [7, 11) is -3.38. The predicted octanol–water partition coefficient (Wildman–Crippen LogP) is 9.90. The highest BCUT2D eigenvalue weighted by molar-refractivity contribution is 7.72. The van der Waals surface area contributed by atoms with Gasteiger partial charge in [0.2, 0.25) is 7.29 Å². The number of rotatable bonds is 7. The lowest BCUT2D eigenvalue weighted by Crippen LogP contribution is -1.95. The molecule has 1 N–H and O–H groups in total. The Kier molecular flexibility index (Phi) is 7.98. The van der Waals surface area contributed by atoms with Crippen molar-refractivity contribution in [3.05, 3.63) is 118 Å². The highest BCUT2D eigenvalue weighted by Gasteiger charge is 2.22. The Balaban J connectivity index is 1.74. The summed E-state index contributed by atoms with van der Waals surface area (Å²) < 4.78 is 14.2.